The largest absolute Gasteiger partial charge is 0.424 e. The first kappa shape index (κ1) is 19.8. The average Bonchev–Trinajstić information content (AvgIpc) is 2.79. The summed E-state index contributed by atoms with van der Waals surface area (Å²) in [5.41, 5.74) is 4.26. The van der Waals surface area contributed by atoms with Crippen LogP contribution in [-0.4, -0.2) is 16.2 Å². The maximum atomic E-state index is 5.57. The van der Waals surface area contributed by atoms with Crippen molar-refractivity contribution in [2.75, 3.05) is 0 Å². The molecule has 0 saturated heterocycles. The van der Waals surface area contributed by atoms with E-state index in [2.05, 4.69) is 55.3 Å². The summed E-state index contributed by atoms with van der Waals surface area (Å²) in [5.74, 6) is 0.657. The minimum atomic E-state index is 0.313. The SMILES string of the molecule is Brc1ccc(-c2cccc(CO/N=C/c3ccc(Oc4ncccn4)cc3)c2)cc1. The molecule has 1 aromatic heterocycles. The first-order chi connectivity index (χ1) is 14.8. The van der Waals surface area contributed by atoms with E-state index in [1.807, 2.05) is 48.5 Å². The number of benzene rings is 3. The fourth-order valence-electron chi connectivity index (χ4n) is 2.76. The molecule has 0 spiro atoms. The van der Waals surface area contributed by atoms with E-state index in [1.165, 1.54) is 0 Å². The van der Waals surface area contributed by atoms with Crippen molar-refractivity contribution in [3.63, 3.8) is 0 Å². The lowest BCUT2D eigenvalue weighted by Crippen LogP contribution is -1.91. The van der Waals surface area contributed by atoms with Crippen LogP contribution in [-0.2, 0) is 11.4 Å². The molecule has 5 nitrogen and oxygen atoms in total. The van der Waals surface area contributed by atoms with Crippen LogP contribution >= 0.6 is 15.9 Å². The van der Waals surface area contributed by atoms with E-state index < -0.39 is 0 Å². The molecular formula is C24H18BrN3O2. The second kappa shape index (κ2) is 9.80. The van der Waals surface area contributed by atoms with Crippen LogP contribution in [0.4, 0.5) is 0 Å². The highest BCUT2D eigenvalue weighted by atomic mass is 79.9. The van der Waals surface area contributed by atoms with Gasteiger partial charge in [-0.3, -0.25) is 0 Å². The first-order valence-electron chi connectivity index (χ1n) is 9.31. The minimum absolute atomic E-state index is 0.313. The average molecular weight is 460 g/mol. The molecule has 0 aliphatic heterocycles. The van der Waals surface area contributed by atoms with Gasteiger partial charge in [0.1, 0.15) is 12.4 Å². The fourth-order valence-corrected chi connectivity index (χ4v) is 3.02. The van der Waals surface area contributed by atoms with Crippen molar-refractivity contribution < 1.29 is 9.57 Å². The molecule has 0 amide bonds. The molecule has 1 heterocycles. The lowest BCUT2D eigenvalue weighted by Gasteiger charge is -2.05. The fraction of sp³-hybridized carbons (Fsp3) is 0.0417. The Morgan fingerprint density at radius 3 is 2.37 bits per heavy atom. The van der Waals surface area contributed by atoms with Crippen molar-refractivity contribution in [2.24, 2.45) is 5.16 Å². The number of aromatic nitrogens is 2. The number of hydrogen-bond donors (Lipinski definition) is 0. The lowest BCUT2D eigenvalue weighted by atomic mass is 10.0. The Hall–Kier alpha value is -3.51. The van der Waals surface area contributed by atoms with Crippen molar-refractivity contribution in [3.8, 4) is 22.9 Å². The second-order valence-electron chi connectivity index (χ2n) is 6.42. The minimum Gasteiger partial charge on any atom is -0.424 e. The lowest BCUT2D eigenvalue weighted by molar-refractivity contribution is 0.132. The predicted molar refractivity (Wildman–Crippen MR) is 121 cm³/mol. The van der Waals surface area contributed by atoms with E-state index in [4.69, 9.17) is 9.57 Å². The van der Waals surface area contributed by atoms with E-state index in [0.717, 1.165) is 26.7 Å². The van der Waals surface area contributed by atoms with Gasteiger partial charge < -0.3 is 9.57 Å². The highest BCUT2D eigenvalue weighted by Gasteiger charge is 2.01. The van der Waals surface area contributed by atoms with Gasteiger partial charge >= 0.3 is 6.01 Å². The summed E-state index contributed by atoms with van der Waals surface area (Å²) in [6, 6.07) is 26.0. The third kappa shape index (κ3) is 5.52. The molecule has 0 fully saturated rings. The van der Waals surface area contributed by atoms with Gasteiger partial charge in [0.2, 0.25) is 0 Å². The number of hydrogen-bond acceptors (Lipinski definition) is 5. The van der Waals surface area contributed by atoms with Crippen molar-refractivity contribution >= 4 is 22.1 Å². The third-order valence-electron chi connectivity index (χ3n) is 4.24. The first-order valence-corrected chi connectivity index (χ1v) is 10.1. The van der Waals surface area contributed by atoms with Crippen LogP contribution in [0.15, 0.2) is 101 Å². The van der Waals surface area contributed by atoms with Crippen molar-refractivity contribution in [2.45, 2.75) is 6.61 Å². The molecule has 0 atom stereocenters. The van der Waals surface area contributed by atoms with Crippen molar-refractivity contribution in [1.82, 2.24) is 9.97 Å². The number of oxime groups is 1. The predicted octanol–water partition coefficient (Wildman–Crippen LogP) is 6.25. The van der Waals surface area contributed by atoms with Crippen LogP contribution in [0.1, 0.15) is 11.1 Å². The normalized spacial score (nSPS) is 10.8. The zero-order valence-electron chi connectivity index (χ0n) is 16.0. The Morgan fingerprint density at radius 1 is 0.833 bits per heavy atom. The van der Waals surface area contributed by atoms with Crippen LogP contribution in [0.5, 0.6) is 11.8 Å². The summed E-state index contributed by atoms with van der Waals surface area (Å²) in [6.07, 6.45) is 4.94. The molecule has 148 valence electrons. The molecule has 6 heteroatoms. The summed E-state index contributed by atoms with van der Waals surface area (Å²) in [7, 11) is 0. The smallest absolute Gasteiger partial charge is 0.321 e. The summed E-state index contributed by atoms with van der Waals surface area (Å²) in [6.45, 7) is 0.396. The van der Waals surface area contributed by atoms with Gasteiger partial charge in [-0.05, 0) is 70.8 Å². The number of nitrogens with zero attached hydrogens (tertiary/aromatic N) is 3. The summed E-state index contributed by atoms with van der Waals surface area (Å²) < 4.78 is 6.63. The van der Waals surface area contributed by atoms with E-state index in [9.17, 15) is 0 Å². The molecule has 4 rings (SSSR count). The van der Waals surface area contributed by atoms with E-state index in [1.54, 1.807) is 24.7 Å². The summed E-state index contributed by atoms with van der Waals surface area (Å²) in [5, 5.41) is 4.07. The zero-order valence-corrected chi connectivity index (χ0v) is 17.6. The van der Waals surface area contributed by atoms with Crippen LogP contribution < -0.4 is 4.74 Å². The standard InChI is InChI=1S/C24H18BrN3O2/c25-22-9-7-20(8-10-22)21-4-1-3-19(15-21)17-29-28-16-18-5-11-23(12-6-18)30-24-26-13-2-14-27-24/h1-16H,17H2/b28-16+. The zero-order chi connectivity index (χ0) is 20.6. The Kier molecular flexibility index (Phi) is 6.47. The Balaban J connectivity index is 1.32. The molecule has 0 radical (unpaired) electrons. The highest BCUT2D eigenvalue weighted by Crippen LogP contribution is 2.23. The Labute approximate surface area is 183 Å². The molecular weight excluding hydrogens is 442 g/mol. The quantitative estimate of drug-likeness (QED) is 0.242. The van der Waals surface area contributed by atoms with Gasteiger partial charge in [0.05, 0.1) is 6.21 Å². The molecule has 4 aromatic rings. The summed E-state index contributed by atoms with van der Waals surface area (Å²) in [4.78, 5) is 13.5. The number of rotatable bonds is 7. The van der Waals surface area contributed by atoms with E-state index >= 15 is 0 Å². The number of ether oxygens (including phenoxy) is 1. The van der Waals surface area contributed by atoms with Crippen LogP contribution in [0.25, 0.3) is 11.1 Å². The van der Waals surface area contributed by atoms with Crippen molar-refractivity contribution in [1.29, 1.82) is 0 Å². The van der Waals surface area contributed by atoms with Gasteiger partial charge in [0.15, 0.2) is 0 Å². The molecule has 30 heavy (non-hydrogen) atoms. The maximum Gasteiger partial charge on any atom is 0.321 e. The third-order valence-corrected chi connectivity index (χ3v) is 4.77. The van der Waals surface area contributed by atoms with Crippen LogP contribution in [0, 0.1) is 0 Å². The van der Waals surface area contributed by atoms with E-state index in [0.29, 0.717) is 18.4 Å². The monoisotopic (exact) mass is 459 g/mol. The van der Waals surface area contributed by atoms with Crippen LogP contribution in [0.2, 0.25) is 0 Å². The second-order valence-corrected chi connectivity index (χ2v) is 7.33. The molecule has 0 saturated carbocycles. The topological polar surface area (TPSA) is 56.6 Å². The van der Waals surface area contributed by atoms with Gasteiger partial charge in [-0.1, -0.05) is 51.4 Å². The van der Waals surface area contributed by atoms with Crippen molar-refractivity contribution in [3.05, 3.63) is 107 Å². The number of halogens is 1. The maximum absolute atomic E-state index is 5.57. The molecule has 0 N–H and O–H groups in total. The Bertz CT molecular complexity index is 1120. The van der Waals surface area contributed by atoms with Gasteiger partial charge in [-0.25, -0.2) is 9.97 Å². The van der Waals surface area contributed by atoms with Gasteiger partial charge in [-0.2, -0.15) is 0 Å². The molecule has 0 aliphatic carbocycles. The molecule has 0 bridgehead atoms. The Morgan fingerprint density at radius 2 is 1.60 bits per heavy atom. The van der Waals surface area contributed by atoms with E-state index in [-0.39, 0.29) is 0 Å². The van der Waals surface area contributed by atoms with Gasteiger partial charge in [0, 0.05) is 16.9 Å². The summed E-state index contributed by atoms with van der Waals surface area (Å²) >= 11 is 3.46. The van der Waals surface area contributed by atoms with Gasteiger partial charge in [0.25, 0.3) is 0 Å². The van der Waals surface area contributed by atoms with Crippen LogP contribution in [0.3, 0.4) is 0 Å². The molecule has 0 unspecified atom stereocenters. The highest BCUT2D eigenvalue weighted by molar-refractivity contribution is 9.10. The molecule has 3 aromatic carbocycles. The molecule has 0 aliphatic rings. The van der Waals surface area contributed by atoms with Gasteiger partial charge in [-0.15, -0.1) is 0 Å².